The van der Waals surface area contributed by atoms with E-state index >= 15 is 0 Å². The predicted octanol–water partition coefficient (Wildman–Crippen LogP) is 8.45. The third-order valence-electron chi connectivity index (χ3n) is 9.15. The number of allylic oxidation sites excluding steroid dienone is 1. The number of ether oxygens (including phenoxy) is 3. The largest absolute Gasteiger partial charge is 0.466 e. The highest BCUT2D eigenvalue weighted by atomic mass is 28.3. The minimum atomic E-state index is -1.31. The quantitative estimate of drug-likeness (QED) is 0.0578. The van der Waals surface area contributed by atoms with Crippen molar-refractivity contribution in [2.24, 2.45) is 0 Å². The molecule has 2 aromatic carbocycles. The van der Waals surface area contributed by atoms with Crippen LogP contribution in [0.15, 0.2) is 42.6 Å². The third-order valence-corrected chi connectivity index (χ3v) is 12.6. The van der Waals surface area contributed by atoms with Crippen molar-refractivity contribution in [3.05, 3.63) is 76.3 Å². The summed E-state index contributed by atoms with van der Waals surface area (Å²) in [5.74, 6) is 0.283. The Morgan fingerprint density at radius 2 is 1.60 bits per heavy atom. The summed E-state index contributed by atoms with van der Waals surface area (Å²) in [6.07, 6.45) is 5.50. The average molecular weight is 673 g/mol. The molecule has 0 spiro atoms. The number of nitrogens with zero attached hydrogens (tertiary/aromatic N) is 4. The SMILES string of the molecule is COC(=O)C=CC(C)(c1c(C)c(C)c(C)c2c1ccn2COCC[Si](C)(C)C)c1nc2cc(C#N)ccc2n1COCC[Si](C)(C)C. The van der Waals surface area contributed by atoms with Gasteiger partial charge in [0.1, 0.15) is 19.3 Å². The number of hydrogen-bond acceptors (Lipinski definition) is 6. The van der Waals surface area contributed by atoms with Gasteiger partial charge in [-0.3, -0.25) is 0 Å². The Morgan fingerprint density at radius 1 is 0.957 bits per heavy atom. The van der Waals surface area contributed by atoms with E-state index in [-0.39, 0.29) is 0 Å². The standard InChI is InChI=1S/C37H52N4O4Si2/c1-26-27(2)34(30-15-17-40(35(30)28(26)3)24-44-18-20-46(6,7)8)37(4,16-14-33(42)43-5)36-39-31-22-29(23-38)12-13-32(31)41(36)25-45-19-21-47(9,10)11/h12-17,22H,18-21,24-25H2,1-11H3. The summed E-state index contributed by atoms with van der Waals surface area (Å²) >= 11 is 0. The van der Waals surface area contributed by atoms with Crippen LogP contribution in [0.4, 0.5) is 0 Å². The number of imidazole rings is 1. The molecular formula is C37H52N4O4Si2. The van der Waals surface area contributed by atoms with E-state index in [2.05, 4.69) is 94.4 Å². The molecule has 0 aliphatic rings. The van der Waals surface area contributed by atoms with E-state index < -0.39 is 27.5 Å². The molecule has 4 rings (SSSR count). The first-order valence-electron chi connectivity index (χ1n) is 16.4. The van der Waals surface area contributed by atoms with E-state index in [1.165, 1.54) is 24.3 Å². The molecule has 2 aromatic heterocycles. The number of methoxy groups -OCH3 is 1. The maximum Gasteiger partial charge on any atom is 0.330 e. The Morgan fingerprint density at radius 3 is 2.19 bits per heavy atom. The Labute approximate surface area is 282 Å². The zero-order valence-corrected chi connectivity index (χ0v) is 32.2. The molecule has 8 nitrogen and oxygen atoms in total. The lowest BCUT2D eigenvalue weighted by molar-refractivity contribution is -0.134. The molecule has 0 aliphatic heterocycles. The van der Waals surface area contributed by atoms with Crippen LogP contribution < -0.4 is 0 Å². The molecule has 47 heavy (non-hydrogen) atoms. The van der Waals surface area contributed by atoms with E-state index in [1.807, 2.05) is 24.3 Å². The minimum Gasteiger partial charge on any atom is -0.466 e. The molecule has 0 aliphatic carbocycles. The summed E-state index contributed by atoms with van der Waals surface area (Å²) in [6, 6.07) is 12.1. The van der Waals surface area contributed by atoms with Crippen molar-refractivity contribution in [1.82, 2.24) is 14.1 Å². The van der Waals surface area contributed by atoms with Crippen LogP contribution >= 0.6 is 0 Å². The number of hydrogen-bond donors (Lipinski definition) is 0. The molecular weight excluding hydrogens is 621 g/mol. The maximum atomic E-state index is 12.6. The average Bonchev–Trinajstić information content (AvgIpc) is 3.59. The van der Waals surface area contributed by atoms with Crippen molar-refractivity contribution in [2.45, 2.75) is 97.9 Å². The second-order valence-electron chi connectivity index (χ2n) is 15.2. The van der Waals surface area contributed by atoms with Crippen molar-refractivity contribution < 1.29 is 19.0 Å². The number of aryl methyl sites for hydroxylation is 1. The number of carbonyl (C=O) groups excluding carboxylic acids is 1. The fourth-order valence-corrected chi connectivity index (χ4v) is 7.60. The van der Waals surface area contributed by atoms with E-state index in [0.717, 1.165) is 52.1 Å². The third kappa shape index (κ3) is 8.15. The Bertz CT molecular complexity index is 1840. The molecule has 0 bridgehead atoms. The molecule has 0 amide bonds. The van der Waals surface area contributed by atoms with Gasteiger partial charge in [-0.25, -0.2) is 9.78 Å². The van der Waals surface area contributed by atoms with Crippen molar-refractivity contribution in [1.29, 1.82) is 5.26 Å². The highest BCUT2D eigenvalue weighted by molar-refractivity contribution is 6.76. The number of carbonyl (C=O) groups is 1. The van der Waals surface area contributed by atoms with Gasteiger partial charge in [0.15, 0.2) is 0 Å². The van der Waals surface area contributed by atoms with Gasteiger partial charge in [0.2, 0.25) is 0 Å². The van der Waals surface area contributed by atoms with Crippen LogP contribution in [0.5, 0.6) is 0 Å². The van der Waals surface area contributed by atoms with Crippen LogP contribution in [0.3, 0.4) is 0 Å². The summed E-state index contributed by atoms with van der Waals surface area (Å²) in [4.78, 5) is 17.8. The Hall–Kier alpha value is -3.50. The first-order chi connectivity index (χ1) is 22.0. The number of fused-ring (bicyclic) bond motifs is 2. The first-order valence-corrected chi connectivity index (χ1v) is 23.8. The molecule has 0 radical (unpaired) electrons. The fraction of sp³-hybridized carbons (Fsp3) is 0.486. The van der Waals surface area contributed by atoms with Crippen LogP contribution in [-0.4, -0.2) is 56.6 Å². The van der Waals surface area contributed by atoms with Gasteiger partial charge >= 0.3 is 5.97 Å². The van der Waals surface area contributed by atoms with E-state index in [4.69, 9.17) is 19.2 Å². The van der Waals surface area contributed by atoms with Gasteiger partial charge < -0.3 is 23.3 Å². The summed E-state index contributed by atoms with van der Waals surface area (Å²) in [5.41, 5.74) is 6.89. The van der Waals surface area contributed by atoms with E-state index in [0.29, 0.717) is 31.1 Å². The molecule has 0 fully saturated rings. The van der Waals surface area contributed by atoms with E-state index in [9.17, 15) is 10.1 Å². The Balaban J connectivity index is 1.96. The van der Waals surface area contributed by atoms with Gasteiger partial charge in [-0.15, -0.1) is 0 Å². The lowest BCUT2D eigenvalue weighted by Crippen LogP contribution is -2.29. The molecule has 4 aromatic rings. The highest BCUT2D eigenvalue weighted by Gasteiger charge is 2.37. The molecule has 0 N–H and O–H groups in total. The number of nitriles is 1. The summed E-state index contributed by atoms with van der Waals surface area (Å²) in [6.45, 7) is 24.8. The lowest BCUT2D eigenvalue weighted by Gasteiger charge is -2.31. The Kier molecular flexibility index (Phi) is 11.1. The molecule has 1 unspecified atom stereocenters. The minimum absolute atomic E-state index is 0.294. The first kappa shape index (κ1) is 36.3. The van der Waals surface area contributed by atoms with Crippen molar-refractivity contribution >= 4 is 44.1 Å². The molecule has 252 valence electrons. The smallest absolute Gasteiger partial charge is 0.330 e. The zero-order valence-electron chi connectivity index (χ0n) is 30.2. The van der Waals surface area contributed by atoms with Crippen molar-refractivity contribution in [2.75, 3.05) is 20.3 Å². The monoisotopic (exact) mass is 672 g/mol. The molecule has 10 heteroatoms. The topological polar surface area (TPSA) is 91.3 Å². The maximum absolute atomic E-state index is 12.6. The zero-order chi connectivity index (χ0) is 34.7. The van der Waals surface area contributed by atoms with Gasteiger partial charge in [-0.2, -0.15) is 5.26 Å². The number of rotatable bonds is 14. The van der Waals surface area contributed by atoms with Crippen LogP contribution in [0.25, 0.3) is 21.9 Å². The molecule has 1 atom stereocenters. The van der Waals surface area contributed by atoms with Gasteiger partial charge in [-0.1, -0.05) is 45.4 Å². The highest BCUT2D eigenvalue weighted by Crippen LogP contribution is 2.43. The number of aromatic nitrogens is 3. The second kappa shape index (κ2) is 14.3. The second-order valence-corrected chi connectivity index (χ2v) is 26.5. The van der Waals surface area contributed by atoms with E-state index in [1.54, 1.807) is 0 Å². The summed E-state index contributed by atoms with van der Waals surface area (Å²) < 4.78 is 21.9. The molecule has 0 saturated heterocycles. The number of esters is 1. The molecule has 0 saturated carbocycles. The van der Waals surface area contributed by atoms with Gasteiger partial charge in [0.25, 0.3) is 0 Å². The van der Waals surface area contributed by atoms with Crippen molar-refractivity contribution in [3.63, 3.8) is 0 Å². The van der Waals surface area contributed by atoms with Gasteiger partial charge in [0.05, 0.1) is 40.7 Å². The number of benzene rings is 2. The molecule has 2 heterocycles. The van der Waals surface area contributed by atoms with Crippen molar-refractivity contribution in [3.8, 4) is 6.07 Å². The summed E-state index contributed by atoms with van der Waals surface area (Å²) in [5, 5.41) is 10.8. The normalized spacial score (nSPS) is 13.8. The van der Waals surface area contributed by atoms with Gasteiger partial charge in [0, 0.05) is 47.0 Å². The predicted molar refractivity (Wildman–Crippen MR) is 196 cm³/mol. The lowest BCUT2D eigenvalue weighted by atomic mass is 9.75. The van der Waals surface area contributed by atoms with Crippen LogP contribution in [0.2, 0.25) is 51.4 Å². The van der Waals surface area contributed by atoms with Crippen LogP contribution in [0, 0.1) is 32.1 Å². The summed E-state index contributed by atoms with van der Waals surface area (Å²) in [7, 11) is -1.14. The van der Waals surface area contributed by atoms with Crippen LogP contribution in [0.1, 0.15) is 40.6 Å². The fourth-order valence-electron chi connectivity index (χ4n) is 6.09. The van der Waals surface area contributed by atoms with Crippen LogP contribution in [-0.2, 0) is 37.9 Å². The van der Waals surface area contributed by atoms with Gasteiger partial charge in [-0.05, 0) is 86.3 Å².